The van der Waals surface area contributed by atoms with Crippen molar-refractivity contribution in [3.05, 3.63) is 52.6 Å². The number of anilines is 2. The minimum Gasteiger partial charge on any atom is -0.496 e. The number of fused-ring (bicyclic) bond motifs is 1. The summed E-state index contributed by atoms with van der Waals surface area (Å²) in [5.41, 5.74) is 2.07. The molecular weight excluding hydrogens is 284 g/mol. The van der Waals surface area contributed by atoms with Crippen molar-refractivity contribution in [3.63, 3.8) is 0 Å². The molecular formula is C15H14N4O3. The lowest BCUT2D eigenvalue weighted by Gasteiger charge is -2.08. The normalized spacial score (nSPS) is 10.6. The summed E-state index contributed by atoms with van der Waals surface area (Å²) in [5, 5.41) is 14.2. The number of aromatic nitrogens is 2. The number of nitro groups is 1. The Morgan fingerprint density at radius 3 is 2.73 bits per heavy atom. The molecule has 3 rings (SSSR count). The number of benzene rings is 2. The van der Waals surface area contributed by atoms with Gasteiger partial charge in [-0.15, -0.1) is 0 Å². The maximum absolute atomic E-state index is 11.2. The predicted octanol–water partition coefficient (Wildman–Crippen LogP) is 3.23. The fraction of sp³-hybridized carbons (Fsp3) is 0.133. The van der Waals surface area contributed by atoms with Gasteiger partial charge in [-0.25, -0.2) is 4.98 Å². The molecule has 0 fully saturated rings. The molecule has 7 nitrogen and oxygen atoms in total. The van der Waals surface area contributed by atoms with Gasteiger partial charge in [-0.2, -0.15) is 0 Å². The van der Waals surface area contributed by atoms with E-state index in [4.69, 9.17) is 4.74 Å². The van der Waals surface area contributed by atoms with E-state index in [0.29, 0.717) is 17.4 Å². The van der Waals surface area contributed by atoms with Crippen molar-refractivity contribution >= 4 is 28.4 Å². The zero-order valence-corrected chi connectivity index (χ0v) is 12.1. The van der Waals surface area contributed by atoms with Gasteiger partial charge in [-0.1, -0.05) is 12.1 Å². The number of nitro benzene ring substituents is 1. The highest BCUT2D eigenvalue weighted by molar-refractivity contribution is 5.80. The highest BCUT2D eigenvalue weighted by atomic mass is 16.6. The van der Waals surface area contributed by atoms with Crippen LogP contribution in [-0.2, 0) is 7.05 Å². The Morgan fingerprint density at radius 2 is 2.05 bits per heavy atom. The van der Waals surface area contributed by atoms with Gasteiger partial charge in [0.25, 0.3) is 5.69 Å². The standard InChI is InChI=1S/C15H14N4O3/c1-18-13-6-4-3-5-11(13)16-15(18)17-12-8-7-10(22-2)9-14(12)19(20)21/h3-9H,1-2H3,(H,16,17). The summed E-state index contributed by atoms with van der Waals surface area (Å²) >= 11 is 0. The molecule has 1 aromatic heterocycles. The van der Waals surface area contributed by atoms with Crippen LogP contribution in [0.15, 0.2) is 42.5 Å². The van der Waals surface area contributed by atoms with Gasteiger partial charge in [0.05, 0.1) is 29.1 Å². The number of imidazole rings is 1. The molecule has 3 aromatic rings. The van der Waals surface area contributed by atoms with Crippen molar-refractivity contribution in [3.8, 4) is 5.75 Å². The maximum Gasteiger partial charge on any atom is 0.296 e. The third-order valence-electron chi connectivity index (χ3n) is 3.44. The van der Waals surface area contributed by atoms with E-state index in [1.165, 1.54) is 13.2 Å². The topological polar surface area (TPSA) is 82.2 Å². The van der Waals surface area contributed by atoms with Crippen LogP contribution in [0.4, 0.5) is 17.3 Å². The second-order valence-electron chi connectivity index (χ2n) is 4.75. The Labute approximate surface area is 126 Å². The van der Waals surface area contributed by atoms with Crippen LogP contribution in [0, 0.1) is 10.1 Å². The Balaban J connectivity index is 2.04. The van der Waals surface area contributed by atoms with Crippen LogP contribution in [0.25, 0.3) is 11.0 Å². The summed E-state index contributed by atoms with van der Waals surface area (Å²) in [7, 11) is 3.32. The molecule has 1 N–H and O–H groups in total. The van der Waals surface area contributed by atoms with E-state index in [0.717, 1.165) is 11.0 Å². The molecule has 2 aromatic carbocycles. The van der Waals surface area contributed by atoms with Crippen LogP contribution in [0.5, 0.6) is 5.75 Å². The van der Waals surface area contributed by atoms with Crippen molar-refractivity contribution in [2.24, 2.45) is 7.05 Å². The molecule has 0 amide bonds. The maximum atomic E-state index is 11.2. The van der Waals surface area contributed by atoms with Crippen LogP contribution in [0.3, 0.4) is 0 Å². The summed E-state index contributed by atoms with van der Waals surface area (Å²) in [6, 6.07) is 12.3. The number of aryl methyl sites for hydroxylation is 1. The van der Waals surface area contributed by atoms with Crippen molar-refractivity contribution in [1.82, 2.24) is 9.55 Å². The molecule has 0 atom stereocenters. The molecule has 0 radical (unpaired) electrons. The average Bonchev–Trinajstić information content (AvgIpc) is 2.84. The van der Waals surface area contributed by atoms with Gasteiger partial charge < -0.3 is 14.6 Å². The zero-order valence-electron chi connectivity index (χ0n) is 12.1. The highest BCUT2D eigenvalue weighted by Gasteiger charge is 2.17. The van der Waals surface area contributed by atoms with Crippen LogP contribution in [0.2, 0.25) is 0 Å². The van der Waals surface area contributed by atoms with Crippen molar-refractivity contribution in [2.75, 3.05) is 12.4 Å². The summed E-state index contributed by atoms with van der Waals surface area (Å²) in [6.45, 7) is 0. The van der Waals surface area contributed by atoms with E-state index in [1.807, 2.05) is 35.9 Å². The van der Waals surface area contributed by atoms with Crippen LogP contribution in [-0.4, -0.2) is 21.6 Å². The first-order chi connectivity index (χ1) is 10.6. The summed E-state index contributed by atoms with van der Waals surface area (Å²) in [6.07, 6.45) is 0. The molecule has 0 saturated carbocycles. The highest BCUT2D eigenvalue weighted by Crippen LogP contribution is 2.31. The number of nitrogens with one attached hydrogen (secondary N) is 1. The number of ether oxygens (including phenoxy) is 1. The van der Waals surface area contributed by atoms with E-state index < -0.39 is 4.92 Å². The third-order valence-corrected chi connectivity index (χ3v) is 3.44. The second-order valence-corrected chi connectivity index (χ2v) is 4.75. The fourth-order valence-electron chi connectivity index (χ4n) is 2.27. The first-order valence-corrected chi connectivity index (χ1v) is 6.61. The lowest BCUT2D eigenvalue weighted by molar-refractivity contribution is -0.384. The number of methoxy groups -OCH3 is 1. The van der Waals surface area contributed by atoms with Gasteiger partial charge in [0.2, 0.25) is 5.95 Å². The SMILES string of the molecule is COc1ccc(Nc2nc3ccccc3n2C)c([N+](=O)[O-])c1. The second kappa shape index (κ2) is 5.36. The average molecular weight is 298 g/mol. The first kappa shape index (κ1) is 13.9. The van der Waals surface area contributed by atoms with Gasteiger partial charge >= 0.3 is 0 Å². The third kappa shape index (κ3) is 2.32. The Hall–Kier alpha value is -3.09. The van der Waals surface area contributed by atoms with Crippen LogP contribution >= 0.6 is 0 Å². The summed E-state index contributed by atoms with van der Waals surface area (Å²) in [4.78, 5) is 15.2. The largest absolute Gasteiger partial charge is 0.496 e. The minimum absolute atomic E-state index is 0.0635. The Bertz CT molecular complexity index is 857. The van der Waals surface area contributed by atoms with Crippen molar-refractivity contribution in [1.29, 1.82) is 0 Å². The lowest BCUT2D eigenvalue weighted by Crippen LogP contribution is -2.02. The number of hydrogen-bond acceptors (Lipinski definition) is 5. The lowest BCUT2D eigenvalue weighted by atomic mass is 10.2. The first-order valence-electron chi connectivity index (χ1n) is 6.61. The number of nitrogens with zero attached hydrogens (tertiary/aromatic N) is 3. The molecule has 1 heterocycles. The van der Waals surface area contributed by atoms with Crippen LogP contribution in [0.1, 0.15) is 0 Å². The van der Waals surface area contributed by atoms with Gasteiger partial charge in [0, 0.05) is 7.05 Å². The minimum atomic E-state index is -0.451. The number of hydrogen-bond donors (Lipinski definition) is 1. The molecule has 0 aliphatic heterocycles. The number of para-hydroxylation sites is 2. The quantitative estimate of drug-likeness (QED) is 0.590. The van der Waals surface area contributed by atoms with Crippen molar-refractivity contribution in [2.45, 2.75) is 0 Å². The summed E-state index contributed by atoms with van der Waals surface area (Å²) < 4.78 is 6.88. The molecule has 112 valence electrons. The molecule has 0 unspecified atom stereocenters. The Kier molecular flexibility index (Phi) is 3.38. The molecule has 22 heavy (non-hydrogen) atoms. The van der Waals surface area contributed by atoms with Gasteiger partial charge in [-0.05, 0) is 24.3 Å². The molecule has 0 aliphatic carbocycles. The number of rotatable bonds is 4. The molecule has 0 bridgehead atoms. The van der Waals surface area contributed by atoms with Gasteiger partial charge in [0.1, 0.15) is 11.4 Å². The monoisotopic (exact) mass is 298 g/mol. The molecule has 0 saturated heterocycles. The van der Waals surface area contributed by atoms with Gasteiger partial charge in [-0.3, -0.25) is 10.1 Å². The van der Waals surface area contributed by atoms with E-state index >= 15 is 0 Å². The van der Waals surface area contributed by atoms with Crippen molar-refractivity contribution < 1.29 is 9.66 Å². The van der Waals surface area contributed by atoms with Crippen LogP contribution < -0.4 is 10.1 Å². The fourth-order valence-corrected chi connectivity index (χ4v) is 2.27. The van der Waals surface area contributed by atoms with E-state index in [9.17, 15) is 10.1 Å². The van der Waals surface area contributed by atoms with E-state index in [-0.39, 0.29) is 5.69 Å². The summed E-state index contributed by atoms with van der Waals surface area (Å²) in [5.74, 6) is 0.969. The van der Waals surface area contributed by atoms with E-state index in [1.54, 1.807) is 12.1 Å². The van der Waals surface area contributed by atoms with E-state index in [2.05, 4.69) is 10.3 Å². The van der Waals surface area contributed by atoms with Gasteiger partial charge in [0.15, 0.2) is 0 Å². The smallest absolute Gasteiger partial charge is 0.296 e. The molecule has 0 aliphatic rings. The predicted molar refractivity (Wildman–Crippen MR) is 83.6 cm³/mol. The molecule has 0 spiro atoms. The molecule has 7 heteroatoms. The Morgan fingerprint density at radius 1 is 1.27 bits per heavy atom. The zero-order chi connectivity index (χ0) is 15.7.